The minimum absolute atomic E-state index is 0.0560. The molecule has 1 fully saturated rings. The van der Waals surface area contributed by atoms with Crippen LogP contribution in [0.3, 0.4) is 0 Å². The molecule has 1 aromatic carbocycles. The van der Waals surface area contributed by atoms with Crippen LogP contribution < -0.4 is 5.32 Å². The standard InChI is InChI=1S/C13H13F3N2O4S/c14-13(15,16)23(21,22)10-3-1-9(2-4-10)12(20)18-7-5-11(19)17-6-8-18/h1-4H,5-8H2,(H,17,19). The first-order valence-electron chi connectivity index (χ1n) is 6.60. The molecule has 1 heterocycles. The van der Waals surface area contributed by atoms with Gasteiger partial charge in [0.15, 0.2) is 0 Å². The molecule has 10 heteroatoms. The lowest BCUT2D eigenvalue weighted by Gasteiger charge is -2.19. The summed E-state index contributed by atoms with van der Waals surface area (Å²) in [5.74, 6) is -0.663. The Morgan fingerprint density at radius 1 is 1.13 bits per heavy atom. The molecule has 1 aromatic rings. The van der Waals surface area contributed by atoms with Gasteiger partial charge in [0.25, 0.3) is 15.7 Å². The van der Waals surface area contributed by atoms with Crippen LogP contribution in [-0.2, 0) is 14.6 Å². The molecule has 0 aliphatic carbocycles. The lowest BCUT2D eigenvalue weighted by molar-refractivity contribution is -0.120. The summed E-state index contributed by atoms with van der Waals surface area (Å²) in [5, 5.41) is 2.59. The largest absolute Gasteiger partial charge is 0.501 e. The van der Waals surface area contributed by atoms with Gasteiger partial charge in [-0.2, -0.15) is 13.2 Å². The molecule has 1 aliphatic heterocycles. The Morgan fingerprint density at radius 2 is 1.74 bits per heavy atom. The van der Waals surface area contributed by atoms with E-state index in [9.17, 15) is 31.2 Å². The van der Waals surface area contributed by atoms with Gasteiger partial charge in [0.2, 0.25) is 5.91 Å². The van der Waals surface area contributed by atoms with E-state index in [1.165, 1.54) is 4.90 Å². The van der Waals surface area contributed by atoms with Crippen molar-refractivity contribution >= 4 is 21.7 Å². The first-order chi connectivity index (χ1) is 10.6. The van der Waals surface area contributed by atoms with Crippen LogP contribution in [0.5, 0.6) is 0 Å². The molecule has 1 aliphatic rings. The van der Waals surface area contributed by atoms with Crippen molar-refractivity contribution < 1.29 is 31.2 Å². The van der Waals surface area contributed by atoms with Gasteiger partial charge in [-0.25, -0.2) is 8.42 Å². The van der Waals surface area contributed by atoms with E-state index in [0.717, 1.165) is 24.3 Å². The van der Waals surface area contributed by atoms with E-state index >= 15 is 0 Å². The highest BCUT2D eigenvalue weighted by atomic mass is 32.2. The quantitative estimate of drug-likeness (QED) is 0.861. The summed E-state index contributed by atoms with van der Waals surface area (Å²) in [6, 6.07) is 3.55. The number of nitrogens with one attached hydrogen (secondary N) is 1. The smallest absolute Gasteiger partial charge is 0.354 e. The molecule has 1 saturated heterocycles. The number of hydrogen-bond acceptors (Lipinski definition) is 4. The summed E-state index contributed by atoms with van der Waals surface area (Å²) in [5.41, 5.74) is -5.34. The van der Waals surface area contributed by atoms with Crippen LogP contribution in [-0.4, -0.2) is 50.3 Å². The number of carbonyl (C=O) groups excluding carboxylic acids is 2. The monoisotopic (exact) mass is 350 g/mol. The van der Waals surface area contributed by atoms with Gasteiger partial charge in [-0.3, -0.25) is 9.59 Å². The molecule has 0 radical (unpaired) electrons. The van der Waals surface area contributed by atoms with Crippen molar-refractivity contribution in [1.29, 1.82) is 0 Å². The molecular formula is C13H13F3N2O4S. The Hall–Kier alpha value is -2.10. The number of halogens is 3. The fourth-order valence-corrected chi connectivity index (χ4v) is 2.82. The number of benzene rings is 1. The molecule has 23 heavy (non-hydrogen) atoms. The Morgan fingerprint density at radius 3 is 2.30 bits per heavy atom. The zero-order valence-electron chi connectivity index (χ0n) is 11.8. The fourth-order valence-electron chi connectivity index (χ4n) is 2.06. The highest BCUT2D eigenvalue weighted by Crippen LogP contribution is 2.30. The zero-order valence-corrected chi connectivity index (χ0v) is 12.6. The van der Waals surface area contributed by atoms with E-state index in [2.05, 4.69) is 5.32 Å². The van der Waals surface area contributed by atoms with Crippen molar-refractivity contribution in [1.82, 2.24) is 10.2 Å². The molecule has 126 valence electrons. The molecule has 1 N–H and O–H groups in total. The second-order valence-corrected chi connectivity index (χ2v) is 6.81. The van der Waals surface area contributed by atoms with Gasteiger partial charge in [-0.15, -0.1) is 0 Å². The number of amides is 2. The maximum Gasteiger partial charge on any atom is 0.501 e. The molecule has 0 unspecified atom stereocenters. The number of nitrogens with zero attached hydrogens (tertiary/aromatic N) is 1. The van der Waals surface area contributed by atoms with Crippen LogP contribution in [0.25, 0.3) is 0 Å². The van der Waals surface area contributed by atoms with E-state index in [1.54, 1.807) is 0 Å². The lowest BCUT2D eigenvalue weighted by atomic mass is 10.2. The van der Waals surface area contributed by atoms with E-state index in [-0.39, 0.29) is 37.5 Å². The van der Waals surface area contributed by atoms with Gasteiger partial charge in [0.1, 0.15) is 0 Å². The molecule has 6 nitrogen and oxygen atoms in total. The van der Waals surface area contributed by atoms with Crippen molar-refractivity contribution in [2.45, 2.75) is 16.8 Å². The van der Waals surface area contributed by atoms with Crippen molar-refractivity contribution in [3.8, 4) is 0 Å². The lowest BCUT2D eigenvalue weighted by Crippen LogP contribution is -2.34. The third-order valence-corrected chi connectivity index (χ3v) is 4.82. The predicted octanol–water partition coefficient (Wildman–Crippen LogP) is 0.942. The third kappa shape index (κ3) is 3.63. The Kier molecular flexibility index (Phi) is 4.64. The molecule has 2 rings (SSSR count). The maximum absolute atomic E-state index is 12.4. The highest BCUT2D eigenvalue weighted by molar-refractivity contribution is 7.92. The first kappa shape index (κ1) is 17.3. The number of rotatable bonds is 2. The van der Waals surface area contributed by atoms with Gasteiger partial charge in [-0.05, 0) is 24.3 Å². The van der Waals surface area contributed by atoms with Crippen LogP contribution in [0, 0.1) is 0 Å². The van der Waals surface area contributed by atoms with Gasteiger partial charge < -0.3 is 10.2 Å². The summed E-state index contributed by atoms with van der Waals surface area (Å²) in [6.07, 6.45) is 0.131. The summed E-state index contributed by atoms with van der Waals surface area (Å²) in [7, 11) is -5.44. The minimum Gasteiger partial charge on any atom is -0.354 e. The molecule has 0 bridgehead atoms. The number of sulfone groups is 1. The molecular weight excluding hydrogens is 337 g/mol. The third-order valence-electron chi connectivity index (χ3n) is 3.32. The van der Waals surface area contributed by atoms with E-state index in [1.807, 2.05) is 0 Å². The fraction of sp³-hybridized carbons (Fsp3) is 0.385. The van der Waals surface area contributed by atoms with Crippen LogP contribution in [0.2, 0.25) is 0 Å². The van der Waals surface area contributed by atoms with Crippen molar-refractivity contribution in [3.63, 3.8) is 0 Å². The zero-order chi connectivity index (χ0) is 17.3. The molecule has 0 aromatic heterocycles. The maximum atomic E-state index is 12.4. The summed E-state index contributed by atoms with van der Waals surface area (Å²) in [6.45, 7) is 0.742. The first-order valence-corrected chi connectivity index (χ1v) is 8.08. The van der Waals surface area contributed by atoms with Crippen LogP contribution >= 0.6 is 0 Å². The van der Waals surface area contributed by atoms with Crippen molar-refractivity contribution in [2.75, 3.05) is 19.6 Å². The Bertz CT molecular complexity index is 714. The highest BCUT2D eigenvalue weighted by Gasteiger charge is 2.46. The van der Waals surface area contributed by atoms with Crippen molar-refractivity contribution in [2.24, 2.45) is 0 Å². The average molecular weight is 350 g/mol. The van der Waals surface area contributed by atoms with Gasteiger partial charge in [-0.1, -0.05) is 0 Å². The minimum atomic E-state index is -5.44. The van der Waals surface area contributed by atoms with Crippen LogP contribution in [0.15, 0.2) is 29.2 Å². The molecule has 0 atom stereocenters. The van der Waals surface area contributed by atoms with Gasteiger partial charge >= 0.3 is 5.51 Å². The van der Waals surface area contributed by atoms with Crippen LogP contribution in [0.1, 0.15) is 16.8 Å². The van der Waals surface area contributed by atoms with Crippen molar-refractivity contribution in [3.05, 3.63) is 29.8 Å². The van der Waals surface area contributed by atoms with Crippen LogP contribution in [0.4, 0.5) is 13.2 Å². The molecule has 0 spiro atoms. The Balaban J connectivity index is 2.19. The van der Waals surface area contributed by atoms with E-state index < -0.39 is 26.1 Å². The van der Waals surface area contributed by atoms with E-state index in [4.69, 9.17) is 0 Å². The topological polar surface area (TPSA) is 83.6 Å². The van der Waals surface area contributed by atoms with Gasteiger partial charge in [0.05, 0.1) is 4.90 Å². The summed E-state index contributed by atoms with van der Waals surface area (Å²) in [4.78, 5) is 23.9. The normalized spacial score (nSPS) is 16.7. The molecule has 0 saturated carbocycles. The summed E-state index contributed by atoms with van der Waals surface area (Å²) < 4.78 is 59.9. The number of alkyl halides is 3. The number of hydrogen-bond donors (Lipinski definition) is 1. The second-order valence-electron chi connectivity index (χ2n) is 4.87. The predicted molar refractivity (Wildman–Crippen MR) is 73.2 cm³/mol. The Labute approximate surface area is 130 Å². The molecule has 2 amide bonds. The second kappa shape index (κ2) is 6.19. The summed E-state index contributed by atoms with van der Waals surface area (Å²) >= 11 is 0. The average Bonchev–Trinajstić information content (AvgIpc) is 2.70. The number of carbonyl (C=O) groups is 2. The van der Waals surface area contributed by atoms with E-state index in [0.29, 0.717) is 0 Å². The van der Waals surface area contributed by atoms with Gasteiger partial charge in [0, 0.05) is 31.6 Å². The SMILES string of the molecule is O=C1CCN(C(=O)c2ccc(S(=O)(=O)C(F)(F)F)cc2)CCN1.